The number of halogens is 2. The van der Waals surface area contributed by atoms with Crippen molar-refractivity contribution in [3.8, 4) is 0 Å². The number of rotatable bonds is 8. The minimum absolute atomic E-state index is 0.303. The number of ether oxygens (including phenoxy) is 1. The van der Waals surface area contributed by atoms with Gasteiger partial charge in [0.25, 0.3) is 0 Å². The van der Waals surface area contributed by atoms with Crippen molar-refractivity contribution in [2.24, 2.45) is 0 Å². The van der Waals surface area contributed by atoms with E-state index in [1.807, 2.05) is 6.07 Å². The van der Waals surface area contributed by atoms with E-state index in [2.05, 4.69) is 29.0 Å². The fourth-order valence-corrected chi connectivity index (χ4v) is 3.01. The van der Waals surface area contributed by atoms with Crippen LogP contribution in [-0.2, 0) is 4.74 Å². The summed E-state index contributed by atoms with van der Waals surface area (Å²) in [5, 5.41) is 4.91. The summed E-state index contributed by atoms with van der Waals surface area (Å²) in [5.74, 6) is -0.409. The molecule has 25 heavy (non-hydrogen) atoms. The Morgan fingerprint density at radius 1 is 1.24 bits per heavy atom. The number of nitrogens with one attached hydrogen (secondary N) is 1. The predicted octanol–water partition coefficient (Wildman–Crippen LogP) is 4.47. The van der Waals surface area contributed by atoms with Crippen molar-refractivity contribution in [1.29, 1.82) is 0 Å². The quantitative estimate of drug-likeness (QED) is 0.681. The number of fused-ring (bicyclic) bond motifs is 1. The van der Waals surface area contributed by atoms with E-state index in [-0.39, 0.29) is 0 Å². The molecule has 0 atom stereocenters. The van der Waals surface area contributed by atoms with Gasteiger partial charge in [0.05, 0.1) is 27.9 Å². The highest BCUT2D eigenvalue weighted by molar-refractivity contribution is 6.45. The van der Waals surface area contributed by atoms with E-state index >= 15 is 0 Å². The van der Waals surface area contributed by atoms with Gasteiger partial charge in [0.2, 0.25) is 0 Å². The maximum absolute atomic E-state index is 12.3. The average molecular weight is 384 g/mol. The van der Waals surface area contributed by atoms with Crippen LogP contribution in [0.25, 0.3) is 10.9 Å². The van der Waals surface area contributed by atoms with E-state index < -0.39 is 5.97 Å². The van der Waals surface area contributed by atoms with Gasteiger partial charge < -0.3 is 15.0 Å². The molecule has 0 spiro atoms. The van der Waals surface area contributed by atoms with Gasteiger partial charge in [-0.25, -0.2) is 4.79 Å². The lowest BCUT2D eigenvalue weighted by molar-refractivity contribution is 0.0527. The Balaban J connectivity index is 2.42. The number of aromatic nitrogens is 1. The zero-order valence-electron chi connectivity index (χ0n) is 14.7. The van der Waals surface area contributed by atoms with Crippen molar-refractivity contribution in [3.05, 3.63) is 33.9 Å². The first kappa shape index (κ1) is 19.8. The van der Waals surface area contributed by atoms with Crippen LogP contribution in [0.5, 0.6) is 0 Å². The van der Waals surface area contributed by atoms with Gasteiger partial charge in [-0.05, 0) is 32.1 Å². The topological polar surface area (TPSA) is 54.5 Å². The number of hydrogen-bond donors (Lipinski definition) is 1. The molecule has 1 aromatic carbocycles. The van der Waals surface area contributed by atoms with Gasteiger partial charge >= 0.3 is 5.97 Å². The van der Waals surface area contributed by atoms with E-state index in [0.29, 0.717) is 40.0 Å². The Hall–Kier alpha value is -1.56. The van der Waals surface area contributed by atoms with Gasteiger partial charge in [-0.1, -0.05) is 37.0 Å². The second kappa shape index (κ2) is 9.22. The Kier molecular flexibility index (Phi) is 7.29. The smallest absolute Gasteiger partial charge is 0.341 e. The fraction of sp³-hybridized carbons (Fsp3) is 0.444. The highest BCUT2D eigenvalue weighted by Crippen LogP contribution is 2.34. The third-order valence-corrected chi connectivity index (χ3v) is 4.84. The molecule has 0 radical (unpaired) electrons. The standard InChI is InChI=1S/C18H23Cl2N3O2/c1-4-23(5-2)10-9-21-16-12-7-8-14(19)15(20)17(12)22-11-13(16)18(24)25-6-3/h7-8,11H,4-6,9-10H2,1-3H3,(H,21,22). The summed E-state index contributed by atoms with van der Waals surface area (Å²) in [4.78, 5) is 18.9. The number of carbonyl (C=O) groups is 1. The van der Waals surface area contributed by atoms with E-state index in [0.717, 1.165) is 25.0 Å². The van der Waals surface area contributed by atoms with Crippen molar-refractivity contribution in [2.75, 3.05) is 38.1 Å². The van der Waals surface area contributed by atoms with Gasteiger partial charge in [-0.15, -0.1) is 0 Å². The predicted molar refractivity (Wildman–Crippen MR) is 104 cm³/mol. The number of esters is 1. The first-order valence-electron chi connectivity index (χ1n) is 8.43. The minimum atomic E-state index is -0.409. The highest BCUT2D eigenvalue weighted by Gasteiger charge is 2.18. The molecule has 0 aliphatic rings. The van der Waals surface area contributed by atoms with Gasteiger partial charge in [0.1, 0.15) is 5.56 Å². The summed E-state index contributed by atoms with van der Waals surface area (Å²) in [6, 6.07) is 3.53. The molecule has 0 bridgehead atoms. The van der Waals surface area contributed by atoms with Gasteiger partial charge in [-0.3, -0.25) is 4.98 Å². The maximum atomic E-state index is 12.3. The maximum Gasteiger partial charge on any atom is 0.341 e. The second-order valence-corrected chi connectivity index (χ2v) is 6.26. The SMILES string of the molecule is CCOC(=O)c1cnc2c(Cl)c(Cl)ccc2c1NCCN(CC)CC. The summed E-state index contributed by atoms with van der Waals surface area (Å²) in [6.45, 7) is 9.82. The van der Waals surface area contributed by atoms with Crippen LogP contribution in [0.1, 0.15) is 31.1 Å². The van der Waals surface area contributed by atoms with Gasteiger partial charge in [0.15, 0.2) is 0 Å². The van der Waals surface area contributed by atoms with Crippen LogP contribution in [-0.4, -0.2) is 48.6 Å². The molecule has 7 heteroatoms. The monoisotopic (exact) mass is 383 g/mol. The van der Waals surface area contributed by atoms with Crippen molar-refractivity contribution in [1.82, 2.24) is 9.88 Å². The molecule has 0 amide bonds. The lowest BCUT2D eigenvalue weighted by Gasteiger charge is -2.20. The van der Waals surface area contributed by atoms with Gasteiger partial charge in [-0.2, -0.15) is 0 Å². The molecule has 1 aromatic heterocycles. The fourth-order valence-electron chi connectivity index (χ4n) is 2.64. The summed E-state index contributed by atoms with van der Waals surface area (Å²) in [5.41, 5.74) is 1.63. The van der Waals surface area contributed by atoms with Crippen molar-refractivity contribution in [2.45, 2.75) is 20.8 Å². The summed E-state index contributed by atoms with van der Waals surface area (Å²) in [7, 11) is 0. The lowest BCUT2D eigenvalue weighted by atomic mass is 10.1. The Morgan fingerprint density at radius 3 is 2.60 bits per heavy atom. The molecule has 1 N–H and O–H groups in total. The molecule has 2 aromatic rings. The van der Waals surface area contributed by atoms with Crippen molar-refractivity contribution >= 4 is 45.8 Å². The molecule has 5 nitrogen and oxygen atoms in total. The van der Waals surface area contributed by atoms with Crippen LogP contribution < -0.4 is 5.32 Å². The van der Waals surface area contributed by atoms with Crippen molar-refractivity contribution in [3.63, 3.8) is 0 Å². The normalized spacial score (nSPS) is 11.1. The molecule has 2 rings (SSSR count). The zero-order chi connectivity index (χ0) is 18.4. The molecule has 136 valence electrons. The molecular formula is C18H23Cl2N3O2. The van der Waals surface area contributed by atoms with E-state index in [4.69, 9.17) is 27.9 Å². The highest BCUT2D eigenvalue weighted by atomic mass is 35.5. The number of benzene rings is 1. The van der Waals surface area contributed by atoms with Crippen molar-refractivity contribution < 1.29 is 9.53 Å². The molecule has 0 unspecified atom stereocenters. The van der Waals surface area contributed by atoms with Crippen LogP contribution in [0.15, 0.2) is 18.3 Å². The third kappa shape index (κ3) is 4.54. The van der Waals surface area contributed by atoms with E-state index in [9.17, 15) is 4.79 Å². The lowest BCUT2D eigenvalue weighted by Crippen LogP contribution is -2.29. The molecule has 0 aliphatic heterocycles. The van der Waals surface area contributed by atoms with E-state index in [1.165, 1.54) is 6.20 Å². The van der Waals surface area contributed by atoms with Crippen LogP contribution in [0, 0.1) is 0 Å². The van der Waals surface area contributed by atoms with Crippen LogP contribution >= 0.6 is 23.2 Å². The second-order valence-electron chi connectivity index (χ2n) is 5.48. The number of hydrogen-bond acceptors (Lipinski definition) is 5. The zero-order valence-corrected chi connectivity index (χ0v) is 16.2. The Morgan fingerprint density at radius 2 is 1.96 bits per heavy atom. The Bertz CT molecular complexity index is 749. The number of pyridine rings is 1. The first-order chi connectivity index (χ1) is 12.0. The first-order valence-corrected chi connectivity index (χ1v) is 9.19. The van der Waals surface area contributed by atoms with Gasteiger partial charge in [0, 0.05) is 24.7 Å². The van der Waals surface area contributed by atoms with Crippen LogP contribution in [0.2, 0.25) is 10.0 Å². The summed E-state index contributed by atoms with van der Waals surface area (Å²) in [6.07, 6.45) is 1.49. The molecule has 0 saturated heterocycles. The number of likely N-dealkylation sites (N-methyl/N-ethyl adjacent to an activating group) is 1. The van der Waals surface area contributed by atoms with Crippen LogP contribution in [0.4, 0.5) is 5.69 Å². The van der Waals surface area contributed by atoms with Crippen LogP contribution in [0.3, 0.4) is 0 Å². The van der Waals surface area contributed by atoms with E-state index in [1.54, 1.807) is 13.0 Å². The number of nitrogens with zero attached hydrogens (tertiary/aromatic N) is 2. The largest absolute Gasteiger partial charge is 0.462 e. The summed E-state index contributed by atoms with van der Waals surface area (Å²) < 4.78 is 5.15. The molecule has 0 fully saturated rings. The minimum Gasteiger partial charge on any atom is -0.462 e. The molecular weight excluding hydrogens is 361 g/mol. The molecule has 0 saturated carbocycles. The molecule has 1 heterocycles. The average Bonchev–Trinajstić information content (AvgIpc) is 2.62. The Labute approximate surface area is 158 Å². The number of carbonyl (C=O) groups excluding carboxylic acids is 1. The third-order valence-electron chi connectivity index (χ3n) is 4.05. The molecule has 0 aliphatic carbocycles. The summed E-state index contributed by atoms with van der Waals surface area (Å²) >= 11 is 12.4. The number of anilines is 1.